The fraction of sp³-hybridized carbons (Fsp3) is 0.217. The van der Waals surface area contributed by atoms with Crippen molar-refractivity contribution >= 4 is 22.6 Å². The van der Waals surface area contributed by atoms with Gasteiger partial charge in [-0.05, 0) is 53.4 Å². The molecular formula is C23H23NO3. The molecule has 1 atom stereocenters. The molecular weight excluding hydrogens is 338 g/mol. The fourth-order valence-corrected chi connectivity index (χ4v) is 3.28. The Kier molecular flexibility index (Phi) is 5.55. The number of rotatable bonds is 5. The molecule has 0 unspecified atom stereocenters. The Balaban J connectivity index is 1.85. The summed E-state index contributed by atoms with van der Waals surface area (Å²) in [6.07, 6.45) is 0.393. The standard InChI is InChI=1S/C23H23NO3/c1-15-7-6-8-16(2)20(15)14-21(23(26)27-3)24-22(25)19-12-11-17-9-4-5-10-18(17)13-19/h4-13,21H,14H2,1-3H3,(H,24,25)/t21-/m0/s1. The lowest BCUT2D eigenvalue weighted by Gasteiger charge is -2.19. The van der Waals surface area contributed by atoms with Gasteiger partial charge in [0.2, 0.25) is 0 Å². The second-order valence-corrected chi connectivity index (χ2v) is 6.69. The lowest BCUT2D eigenvalue weighted by atomic mass is 9.96. The van der Waals surface area contributed by atoms with Crippen LogP contribution in [0.2, 0.25) is 0 Å². The molecule has 1 amide bonds. The number of nitrogens with one attached hydrogen (secondary N) is 1. The molecule has 0 saturated carbocycles. The van der Waals surface area contributed by atoms with Crippen molar-refractivity contribution in [3.63, 3.8) is 0 Å². The molecule has 0 aliphatic carbocycles. The van der Waals surface area contributed by atoms with Crippen molar-refractivity contribution in [3.8, 4) is 0 Å². The molecule has 4 heteroatoms. The summed E-state index contributed by atoms with van der Waals surface area (Å²) in [5.74, 6) is -0.741. The van der Waals surface area contributed by atoms with Gasteiger partial charge in [0.15, 0.2) is 0 Å². The number of methoxy groups -OCH3 is 1. The first-order valence-corrected chi connectivity index (χ1v) is 8.92. The van der Waals surface area contributed by atoms with Crippen LogP contribution in [0.4, 0.5) is 0 Å². The first kappa shape index (κ1) is 18.6. The largest absolute Gasteiger partial charge is 0.467 e. The molecule has 0 radical (unpaired) electrons. The number of ether oxygens (including phenoxy) is 1. The van der Waals surface area contributed by atoms with Gasteiger partial charge in [-0.15, -0.1) is 0 Å². The average molecular weight is 361 g/mol. The summed E-state index contributed by atoms with van der Waals surface area (Å²) in [5.41, 5.74) is 3.74. The van der Waals surface area contributed by atoms with Crippen LogP contribution in [0.15, 0.2) is 60.7 Å². The molecule has 0 aliphatic heterocycles. The summed E-state index contributed by atoms with van der Waals surface area (Å²) in [6.45, 7) is 4.00. The number of carbonyl (C=O) groups excluding carboxylic acids is 2. The van der Waals surface area contributed by atoms with Gasteiger partial charge in [0, 0.05) is 12.0 Å². The number of amides is 1. The minimum atomic E-state index is -0.742. The molecule has 1 N–H and O–H groups in total. The van der Waals surface area contributed by atoms with Crippen LogP contribution >= 0.6 is 0 Å². The third kappa shape index (κ3) is 4.17. The maximum Gasteiger partial charge on any atom is 0.328 e. The topological polar surface area (TPSA) is 55.4 Å². The van der Waals surface area contributed by atoms with Crippen molar-refractivity contribution in [2.45, 2.75) is 26.3 Å². The van der Waals surface area contributed by atoms with E-state index in [0.29, 0.717) is 12.0 Å². The number of hydrogen-bond donors (Lipinski definition) is 1. The maximum atomic E-state index is 12.8. The van der Waals surface area contributed by atoms with E-state index in [2.05, 4.69) is 5.32 Å². The highest BCUT2D eigenvalue weighted by Crippen LogP contribution is 2.18. The average Bonchev–Trinajstić information content (AvgIpc) is 2.68. The Morgan fingerprint density at radius 2 is 1.59 bits per heavy atom. The van der Waals surface area contributed by atoms with Gasteiger partial charge in [0.1, 0.15) is 6.04 Å². The molecule has 3 aromatic carbocycles. The highest BCUT2D eigenvalue weighted by molar-refractivity contribution is 6.00. The number of esters is 1. The molecule has 0 spiro atoms. The zero-order valence-corrected chi connectivity index (χ0v) is 15.8. The Hall–Kier alpha value is -3.14. The summed E-state index contributed by atoms with van der Waals surface area (Å²) in [6, 6.07) is 18.6. The molecule has 0 aromatic heterocycles. The van der Waals surface area contributed by atoms with E-state index in [9.17, 15) is 9.59 Å². The van der Waals surface area contributed by atoms with Crippen molar-refractivity contribution in [2.24, 2.45) is 0 Å². The minimum Gasteiger partial charge on any atom is -0.467 e. The second-order valence-electron chi connectivity index (χ2n) is 6.69. The predicted octanol–water partition coefficient (Wildman–Crippen LogP) is 3.97. The van der Waals surface area contributed by atoms with Gasteiger partial charge in [-0.1, -0.05) is 48.5 Å². The van der Waals surface area contributed by atoms with Crippen LogP contribution in [0.3, 0.4) is 0 Å². The van der Waals surface area contributed by atoms with E-state index in [1.165, 1.54) is 7.11 Å². The van der Waals surface area contributed by atoms with Crippen molar-refractivity contribution in [3.05, 3.63) is 82.9 Å². The smallest absolute Gasteiger partial charge is 0.328 e. The monoisotopic (exact) mass is 361 g/mol. The highest BCUT2D eigenvalue weighted by atomic mass is 16.5. The Morgan fingerprint density at radius 3 is 2.26 bits per heavy atom. The number of aryl methyl sites for hydroxylation is 2. The molecule has 0 bridgehead atoms. The van der Waals surface area contributed by atoms with Gasteiger partial charge in [0.05, 0.1) is 7.11 Å². The lowest BCUT2D eigenvalue weighted by molar-refractivity contribution is -0.142. The predicted molar refractivity (Wildman–Crippen MR) is 107 cm³/mol. The molecule has 138 valence electrons. The summed E-state index contributed by atoms with van der Waals surface area (Å²) in [7, 11) is 1.34. The molecule has 3 rings (SSSR count). The number of hydrogen-bond acceptors (Lipinski definition) is 3. The van der Waals surface area contributed by atoms with Crippen molar-refractivity contribution in [2.75, 3.05) is 7.11 Å². The number of fused-ring (bicyclic) bond motifs is 1. The maximum absolute atomic E-state index is 12.8. The summed E-state index contributed by atoms with van der Waals surface area (Å²) in [4.78, 5) is 25.0. The van der Waals surface area contributed by atoms with Crippen molar-refractivity contribution in [1.82, 2.24) is 5.32 Å². The molecule has 0 saturated heterocycles. The molecule has 4 nitrogen and oxygen atoms in total. The number of carbonyl (C=O) groups is 2. The van der Waals surface area contributed by atoms with E-state index in [4.69, 9.17) is 4.74 Å². The van der Waals surface area contributed by atoms with Crippen LogP contribution in [-0.4, -0.2) is 25.0 Å². The van der Waals surface area contributed by atoms with Crippen LogP contribution in [0.25, 0.3) is 10.8 Å². The van der Waals surface area contributed by atoms with Crippen LogP contribution < -0.4 is 5.32 Å². The summed E-state index contributed by atoms with van der Waals surface area (Å²) < 4.78 is 4.92. The summed E-state index contributed by atoms with van der Waals surface area (Å²) >= 11 is 0. The van der Waals surface area contributed by atoms with Gasteiger partial charge in [-0.3, -0.25) is 4.79 Å². The normalized spacial score (nSPS) is 11.8. The molecule has 3 aromatic rings. The summed E-state index contributed by atoms with van der Waals surface area (Å²) in [5, 5.41) is 4.88. The van der Waals surface area contributed by atoms with Gasteiger partial charge in [-0.2, -0.15) is 0 Å². The number of benzene rings is 3. The van der Waals surface area contributed by atoms with Crippen LogP contribution in [0.5, 0.6) is 0 Å². The molecule has 0 fully saturated rings. The first-order valence-electron chi connectivity index (χ1n) is 8.92. The third-order valence-electron chi connectivity index (χ3n) is 4.86. The molecule has 0 aliphatic rings. The van der Waals surface area contributed by atoms with Gasteiger partial charge in [-0.25, -0.2) is 4.79 Å². The van der Waals surface area contributed by atoms with E-state index < -0.39 is 12.0 Å². The molecule has 0 heterocycles. The third-order valence-corrected chi connectivity index (χ3v) is 4.86. The van der Waals surface area contributed by atoms with Crippen LogP contribution in [0, 0.1) is 13.8 Å². The Bertz CT molecular complexity index is 974. The molecule has 27 heavy (non-hydrogen) atoms. The zero-order chi connectivity index (χ0) is 19.4. The Labute approximate surface area is 159 Å². The lowest BCUT2D eigenvalue weighted by Crippen LogP contribution is -2.43. The zero-order valence-electron chi connectivity index (χ0n) is 15.8. The Morgan fingerprint density at radius 1 is 0.926 bits per heavy atom. The van der Waals surface area contributed by atoms with Gasteiger partial charge in [0.25, 0.3) is 5.91 Å². The van der Waals surface area contributed by atoms with Gasteiger partial charge < -0.3 is 10.1 Å². The van der Waals surface area contributed by atoms with Crippen LogP contribution in [-0.2, 0) is 16.0 Å². The van der Waals surface area contributed by atoms with E-state index in [1.807, 2.05) is 68.4 Å². The fourth-order valence-electron chi connectivity index (χ4n) is 3.28. The van der Waals surface area contributed by atoms with Crippen molar-refractivity contribution < 1.29 is 14.3 Å². The SMILES string of the molecule is COC(=O)[C@H](Cc1c(C)cccc1C)NC(=O)c1ccc2ccccc2c1. The first-order chi connectivity index (χ1) is 13.0. The van der Waals surface area contributed by atoms with E-state index in [0.717, 1.165) is 27.5 Å². The highest BCUT2D eigenvalue weighted by Gasteiger charge is 2.24. The van der Waals surface area contributed by atoms with Crippen LogP contribution in [0.1, 0.15) is 27.0 Å². The quantitative estimate of drug-likeness (QED) is 0.700. The minimum absolute atomic E-state index is 0.289. The second kappa shape index (κ2) is 8.04. The van der Waals surface area contributed by atoms with Gasteiger partial charge >= 0.3 is 5.97 Å². The van der Waals surface area contributed by atoms with E-state index in [-0.39, 0.29) is 5.91 Å². The van der Waals surface area contributed by atoms with Crippen molar-refractivity contribution in [1.29, 1.82) is 0 Å². The van der Waals surface area contributed by atoms with E-state index >= 15 is 0 Å². The van der Waals surface area contributed by atoms with E-state index in [1.54, 1.807) is 6.07 Å².